The zero-order chi connectivity index (χ0) is 13.4. The first-order valence-electron chi connectivity index (χ1n) is 5.49. The molecule has 0 radical (unpaired) electrons. The average molecular weight is 276 g/mol. The summed E-state index contributed by atoms with van der Waals surface area (Å²) in [7, 11) is 0. The van der Waals surface area contributed by atoms with E-state index in [1.54, 1.807) is 18.2 Å². The second-order valence-electron chi connectivity index (χ2n) is 3.97. The highest BCUT2D eigenvalue weighted by atomic mass is 35.5. The van der Waals surface area contributed by atoms with E-state index >= 15 is 0 Å². The number of benzene rings is 1. The third-order valence-electron chi connectivity index (χ3n) is 2.71. The first-order valence-corrected chi connectivity index (χ1v) is 5.87. The lowest BCUT2D eigenvalue weighted by molar-refractivity contribution is 0.101. The number of pyridine rings is 1. The van der Waals surface area contributed by atoms with Gasteiger partial charge in [0, 0.05) is 17.1 Å². The molecular weight excluding hydrogens is 269 g/mol. The molecule has 0 bridgehead atoms. The Morgan fingerprint density at radius 3 is 2.79 bits per heavy atom. The Kier molecular flexibility index (Phi) is 2.80. The van der Waals surface area contributed by atoms with Crippen LogP contribution in [0.1, 0.15) is 16.1 Å². The van der Waals surface area contributed by atoms with Gasteiger partial charge >= 0.3 is 0 Å². The number of halogens is 2. The summed E-state index contributed by atoms with van der Waals surface area (Å²) in [5, 5.41) is 0.845. The largest absolute Gasteiger partial charge is 0.449 e. The number of furan rings is 1. The lowest BCUT2D eigenvalue weighted by Gasteiger charge is -1.96. The van der Waals surface area contributed by atoms with E-state index in [9.17, 15) is 9.18 Å². The molecule has 0 N–H and O–H groups in total. The zero-order valence-electron chi connectivity index (χ0n) is 9.56. The number of carbonyl (C=O) groups excluding carboxylic acids is 1. The number of carbonyl (C=O) groups is 1. The number of para-hydroxylation sites is 1. The van der Waals surface area contributed by atoms with E-state index in [-0.39, 0.29) is 17.1 Å². The van der Waals surface area contributed by atoms with Gasteiger partial charge in [-0.3, -0.25) is 4.79 Å². The molecule has 1 aromatic carbocycles. The molecule has 0 unspecified atom stereocenters. The molecule has 0 spiro atoms. The Bertz CT molecular complexity index is 765. The van der Waals surface area contributed by atoms with Crippen LogP contribution in [-0.2, 0) is 0 Å². The van der Waals surface area contributed by atoms with Gasteiger partial charge in [0.05, 0.1) is 0 Å². The molecule has 0 fully saturated rings. The van der Waals surface area contributed by atoms with Gasteiger partial charge in [-0.2, -0.15) is 0 Å². The SMILES string of the molecule is O=C(c1ccc(Cl)nc1)c1cc2cccc(F)c2o1. The zero-order valence-corrected chi connectivity index (χ0v) is 10.3. The molecule has 2 heterocycles. The van der Waals surface area contributed by atoms with Gasteiger partial charge < -0.3 is 4.42 Å². The molecule has 0 aliphatic carbocycles. The second-order valence-corrected chi connectivity index (χ2v) is 4.35. The third kappa shape index (κ3) is 2.11. The average Bonchev–Trinajstić information content (AvgIpc) is 2.84. The van der Waals surface area contributed by atoms with Gasteiger partial charge in [-0.05, 0) is 24.3 Å². The molecule has 3 rings (SSSR count). The maximum absolute atomic E-state index is 13.5. The molecular formula is C14H7ClFNO2. The number of aromatic nitrogens is 1. The molecule has 0 saturated carbocycles. The van der Waals surface area contributed by atoms with E-state index < -0.39 is 5.82 Å². The number of hydrogen-bond acceptors (Lipinski definition) is 3. The highest BCUT2D eigenvalue weighted by Gasteiger charge is 2.16. The summed E-state index contributed by atoms with van der Waals surface area (Å²) in [6.45, 7) is 0. The van der Waals surface area contributed by atoms with Crippen LogP contribution < -0.4 is 0 Å². The second kappa shape index (κ2) is 4.48. The lowest BCUT2D eigenvalue weighted by Crippen LogP contribution is -1.99. The van der Waals surface area contributed by atoms with Crippen molar-refractivity contribution < 1.29 is 13.6 Å². The summed E-state index contributed by atoms with van der Waals surface area (Å²) in [5.41, 5.74) is 0.414. The van der Waals surface area contributed by atoms with Crippen LogP contribution in [0.15, 0.2) is 47.0 Å². The first kappa shape index (κ1) is 11.9. The summed E-state index contributed by atoms with van der Waals surface area (Å²) in [6, 6.07) is 9.09. The van der Waals surface area contributed by atoms with E-state index in [1.165, 1.54) is 24.4 Å². The van der Waals surface area contributed by atoms with Crippen LogP contribution in [0, 0.1) is 5.82 Å². The number of rotatable bonds is 2. The van der Waals surface area contributed by atoms with Crippen molar-refractivity contribution in [3.05, 3.63) is 64.9 Å². The fraction of sp³-hybridized carbons (Fsp3) is 0. The molecule has 5 heteroatoms. The van der Waals surface area contributed by atoms with Crippen LogP contribution in [-0.4, -0.2) is 10.8 Å². The molecule has 19 heavy (non-hydrogen) atoms. The smallest absolute Gasteiger partial charge is 0.229 e. The van der Waals surface area contributed by atoms with Crippen LogP contribution in [0.2, 0.25) is 5.15 Å². The molecule has 0 aliphatic heterocycles. The molecule has 2 aromatic heterocycles. The van der Waals surface area contributed by atoms with Crippen LogP contribution in [0.5, 0.6) is 0 Å². The van der Waals surface area contributed by atoms with Crippen molar-refractivity contribution >= 4 is 28.4 Å². The lowest BCUT2D eigenvalue weighted by atomic mass is 10.1. The Hall–Kier alpha value is -2.20. The highest BCUT2D eigenvalue weighted by molar-refractivity contribution is 6.29. The standard InChI is InChI=1S/C14H7ClFNO2/c15-12-5-4-9(7-17-12)13(18)11-6-8-2-1-3-10(16)14(8)19-11/h1-7H. The maximum Gasteiger partial charge on any atom is 0.229 e. The van der Waals surface area contributed by atoms with Gasteiger partial charge in [-0.1, -0.05) is 23.7 Å². The van der Waals surface area contributed by atoms with Gasteiger partial charge in [0.25, 0.3) is 0 Å². The quantitative estimate of drug-likeness (QED) is 0.527. The van der Waals surface area contributed by atoms with E-state index in [0.717, 1.165) is 0 Å². The van der Waals surface area contributed by atoms with E-state index in [2.05, 4.69) is 4.98 Å². The monoisotopic (exact) mass is 275 g/mol. The normalized spacial score (nSPS) is 10.8. The number of nitrogens with zero attached hydrogens (tertiary/aromatic N) is 1. The summed E-state index contributed by atoms with van der Waals surface area (Å²) >= 11 is 5.65. The van der Waals surface area contributed by atoms with Gasteiger partial charge in [0.2, 0.25) is 5.78 Å². The van der Waals surface area contributed by atoms with Crippen molar-refractivity contribution in [1.82, 2.24) is 4.98 Å². The molecule has 94 valence electrons. The number of fused-ring (bicyclic) bond motifs is 1. The number of ketones is 1. The van der Waals surface area contributed by atoms with E-state index in [0.29, 0.717) is 16.1 Å². The summed E-state index contributed by atoms with van der Waals surface area (Å²) in [5.74, 6) is -0.783. The van der Waals surface area contributed by atoms with Gasteiger partial charge in [-0.25, -0.2) is 9.37 Å². The van der Waals surface area contributed by atoms with Crippen LogP contribution in [0.3, 0.4) is 0 Å². The molecule has 0 aliphatic rings. The minimum atomic E-state index is -0.495. The maximum atomic E-state index is 13.5. The predicted molar refractivity (Wildman–Crippen MR) is 68.9 cm³/mol. The fourth-order valence-electron chi connectivity index (χ4n) is 1.79. The summed E-state index contributed by atoms with van der Waals surface area (Å²) < 4.78 is 18.7. The van der Waals surface area contributed by atoms with Crippen LogP contribution in [0.25, 0.3) is 11.0 Å². The van der Waals surface area contributed by atoms with Crippen molar-refractivity contribution in [2.45, 2.75) is 0 Å². The van der Waals surface area contributed by atoms with Crippen molar-refractivity contribution in [2.24, 2.45) is 0 Å². The minimum Gasteiger partial charge on any atom is -0.449 e. The van der Waals surface area contributed by atoms with Crippen molar-refractivity contribution in [2.75, 3.05) is 0 Å². The van der Waals surface area contributed by atoms with Gasteiger partial charge in [0.15, 0.2) is 17.2 Å². The first-order chi connectivity index (χ1) is 9.15. The topological polar surface area (TPSA) is 43.1 Å². The van der Waals surface area contributed by atoms with Crippen molar-refractivity contribution in [1.29, 1.82) is 0 Å². The highest BCUT2D eigenvalue weighted by Crippen LogP contribution is 2.23. The van der Waals surface area contributed by atoms with E-state index in [1.807, 2.05) is 0 Å². The molecule has 0 amide bonds. The van der Waals surface area contributed by atoms with E-state index in [4.69, 9.17) is 16.0 Å². The Balaban J connectivity index is 2.06. The Morgan fingerprint density at radius 1 is 1.26 bits per heavy atom. The van der Waals surface area contributed by atoms with Crippen molar-refractivity contribution in [3.8, 4) is 0 Å². The van der Waals surface area contributed by atoms with Crippen LogP contribution >= 0.6 is 11.6 Å². The molecule has 3 aromatic rings. The summed E-state index contributed by atoms with van der Waals surface area (Å²) in [4.78, 5) is 16.0. The van der Waals surface area contributed by atoms with Gasteiger partial charge in [-0.15, -0.1) is 0 Å². The molecule has 3 nitrogen and oxygen atoms in total. The van der Waals surface area contributed by atoms with Crippen molar-refractivity contribution in [3.63, 3.8) is 0 Å². The summed E-state index contributed by atoms with van der Waals surface area (Å²) in [6.07, 6.45) is 1.36. The third-order valence-corrected chi connectivity index (χ3v) is 2.93. The molecule has 0 atom stereocenters. The number of hydrogen-bond donors (Lipinski definition) is 0. The predicted octanol–water partition coefficient (Wildman–Crippen LogP) is 3.85. The molecule has 0 saturated heterocycles. The van der Waals surface area contributed by atoms with Crippen LogP contribution in [0.4, 0.5) is 4.39 Å². The minimum absolute atomic E-state index is 0.0734. The Morgan fingerprint density at radius 2 is 2.11 bits per heavy atom. The Labute approximate surface area is 112 Å². The van der Waals surface area contributed by atoms with Gasteiger partial charge in [0.1, 0.15) is 5.15 Å². The fourth-order valence-corrected chi connectivity index (χ4v) is 1.90.